The van der Waals surface area contributed by atoms with Crippen LogP contribution in [0.5, 0.6) is 0 Å². The van der Waals surface area contributed by atoms with Crippen LogP contribution in [0, 0.1) is 0 Å². The molecule has 1 aliphatic rings. The summed E-state index contributed by atoms with van der Waals surface area (Å²) in [5.74, 6) is 2.28. The van der Waals surface area contributed by atoms with Crippen LogP contribution in [0.15, 0.2) is 6.33 Å². The lowest BCUT2D eigenvalue weighted by Gasteiger charge is -2.23. The largest absolute Gasteiger partial charge is 0.378 e. The molecule has 0 amide bonds. The highest BCUT2D eigenvalue weighted by molar-refractivity contribution is 5.58. The molecule has 0 spiro atoms. The van der Waals surface area contributed by atoms with Gasteiger partial charge in [0, 0.05) is 25.3 Å². The Morgan fingerprint density at radius 3 is 2.62 bits per heavy atom. The van der Waals surface area contributed by atoms with Gasteiger partial charge in [-0.05, 0) is 38.5 Å². The third-order valence-corrected chi connectivity index (χ3v) is 3.84. The minimum absolute atomic E-state index is 0.383. The molecule has 1 aliphatic heterocycles. The zero-order valence-electron chi connectivity index (χ0n) is 13.5. The predicted octanol–water partition coefficient (Wildman–Crippen LogP) is 3.40. The first-order chi connectivity index (χ1) is 10.2. The maximum atomic E-state index is 5.77. The van der Waals surface area contributed by atoms with Crippen LogP contribution in [0.4, 0.5) is 11.6 Å². The molecule has 1 fully saturated rings. The summed E-state index contributed by atoms with van der Waals surface area (Å²) in [5.41, 5.74) is 1.17. The minimum Gasteiger partial charge on any atom is -0.378 e. The van der Waals surface area contributed by atoms with Gasteiger partial charge in [-0.25, -0.2) is 9.97 Å². The summed E-state index contributed by atoms with van der Waals surface area (Å²) < 4.78 is 5.77. The molecule has 1 aromatic rings. The molecule has 2 rings (SSSR count). The second-order valence-corrected chi connectivity index (χ2v) is 5.87. The van der Waals surface area contributed by atoms with Crippen molar-refractivity contribution in [1.29, 1.82) is 0 Å². The van der Waals surface area contributed by atoms with Gasteiger partial charge in [0.05, 0.1) is 6.10 Å². The van der Waals surface area contributed by atoms with Crippen LogP contribution in [-0.4, -0.2) is 35.8 Å². The summed E-state index contributed by atoms with van der Waals surface area (Å²) in [4.78, 5) is 8.78. The molecule has 0 aromatic carbocycles. The Bertz CT molecular complexity index is 430. The zero-order chi connectivity index (χ0) is 15.1. The van der Waals surface area contributed by atoms with E-state index in [0.29, 0.717) is 12.0 Å². The Morgan fingerprint density at radius 1 is 1.24 bits per heavy atom. The summed E-state index contributed by atoms with van der Waals surface area (Å²) in [6.45, 7) is 9.11. The van der Waals surface area contributed by atoms with E-state index in [0.717, 1.165) is 37.8 Å². The molecule has 1 unspecified atom stereocenters. The second-order valence-electron chi connectivity index (χ2n) is 5.87. The predicted molar refractivity (Wildman–Crippen MR) is 87.0 cm³/mol. The van der Waals surface area contributed by atoms with Crippen LogP contribution in [-0.2, 0) is 4.74 Å². The third-order valence-electron chi connectivity index (χ3n) is 3.84. The van der Waals surface area contributed by atoms with Crippen LogP contribution >= 0.6 is 0 Å². The number of nitrogens with one attached hydrogen (secondary N) is 2. The number of hydrogen-bond donors (Lipinski definition) is 2. The van der Waals surface area contributed by atoms with Gasteiger partial charge >= 0.3 is 0 Å². The first kappa shape index (κ1) is 16.0. The van der Waals surface area contributed by atoms with E-state index in [1.54, 1.807) is 6.33 Å². The van der Waals surface area contributed by atoms with E-state index in [4.69, 9.17) is 4.74 Å². The lowest BCUT2D eigenvalue weighted by Crippen LogP contribution is -2.22. The highest BCUT2D eigenvalue weighted by Gasteiger charge is 2.16. The average Bonchev–Trinajstić information content (AvgIpc) is 2.48. The molecule has 2 heterocycles. The number of rotatable bonds is 7. The summed E-state index contributed by atoms with van der Waals surface area (Å²) in [7, 11) is 0. The van der Waals surface area contributed by atoms with Crippen molar-refractivity contribution >= 4 is 11.6 Å². The smallest absolute Gasteiger partial charge is 0.134 e. The molecule has 1 aromatic heterocycles. The van der Waals surface area contributed by atoms with Crippen molar-refractivity contribution in [3.8, 4) is 0 Å². The molecule has 0 saturated carbocycles. The van der Waals surface area contributed by atoms with Gasteiger partial charge in [-0.15, -0.1) is 0 Å². The molecule has 0 radical (unpaired) electrons. The molecule has 1 atom stereocenters. The zero-order valence-corrected chi connectivity index (χ0v) is 13.5. The van der Waals surface area contributed by atoms with E-state index in [1.165, 1.54) is 24.8 Å². The van der Waals surface area contributed by atoms with Gasteiger partial charge in [0.25, 0.3) is 0 Å². The molecule has 21 heavy (non-hydrogen) atoms. The molecular formula is C16H28N4O. The van der Waals surface area contributed by atoms with Crippen LogP contribution in [0.1, 0.15) is 57.9 Å². The number of ether oxygens (including phenoxy) is 1. The number of nitrogens with zero attached hydrogens (tertiary/aromatic N) is 2. The van der Waals surface area contributed by atoms with Gasteiger partial charge in [0.1, 0.15) is 18.0 Å². The van der Waals surface area contributed by atoms with Crippen molar-refractivity contribution < 1.29 is 4.74 Å². The van der Waals surface area contributed by atoms with Crippen molar-refractivity contribution in [2.45, 2.75) is 58.5 Å². The monoisotopic (exact) mass is 292 g/mol. The average molecular weight is 292 g/mol. The SMILES string of the molecule is CCNc1ncnc(NCCC2CCCCO2)c1C(C)C. The lowest BCUT2D eigenvalue weighted by atomic mass is 10.0. The van der Waals surface area contributed by atoms with Gasteiger partial charge < -0.3 is 15.4 Å². The molecule has 0 bridgehead atoms. The molecule has 0 aliphatic carbocycles. The maximum Gasteiger partial charge on any atom is 0.134 e. The summed E-state index contributed by atoms with van der Waals surface area (Å²) in [6, 6.07) is 0. The van der Waals surface area contributed by atoms with Crippen LogP contribution in [0.25, 0.3) is 0 Å². The first-order valence-electron chi connectivity index (χ1n) is 8.16. The number of anilines is 2. The van der Waals surface area contributed by atoms with Crippen LogP contribution in [0.3, 0.4) is 0 Å². The van der Waals surface area contributed by atoms with E-state index in [-0.39, 0.29) is 0 Å². The molecule has 118 valence electrons. The summed E-state index contributed by atoms with van der Waals surface area (Å²) in [6.07, 6.45) is 6.76. The minimum atomic E-state index is 0.383. The molecular weight excluding hydrogens is 264 g/mol. The van der Waals surface area contributed by atoms with Gasteiger partial charge in [-0.2, -0.15) is 0 Å². The van der Waals surface area contributed by atoms with E-state index in [1.807, 2.05) is 0 Å². The van der Waals surface area contributed by atoms with Crippen molar-refractivity contribution in [3.05, 3.63) is 11.9 Å². The fourth-order valence-corrected chi connectivity index (χ4v) is 2.78. The molecule has 5 nitrogen and oxygen atoms in total. The fourth-order valence-electron chi connectivity index (χ4n) is 2.78. The Morgan fingerprint density at radius 2 is 2.00 bits per heavy atom. The fraction of sp³-hybridized carbons (Fsp3) is 0.750. The van der Waals surface area contributed by atoms with E-state index in [9.17, 15) is 0 Å². The molecule has 5 heteroatoms. The van der Waals surface area contributed by atoms with Gasteiger partial charge in [-0.1, -0.05) is 13.8 Å². The second kappa shape index (κ2) is 8.17. The standard InChI is InChI=1S/C16H28N4O/c1-4-17-15-14(12(2)3)16(20-11-19-15)18-9-8-13-7-5-6-10-21-13/h11-13H,4-10H2,1-3H3,(H2,17,18,19,20). The van der Waals surface area contributed by atoms with Crippen molar-refractivity contribution in [2.24, 2.45) is 0 Å². The summed E-state index contributed by atoms with van der Waals surface area (Å²) >= 11 is 0. The highest BCUT2D eigenvalue weighted by atomic mass is 16.5. The van der Waals surface area contributed by atoms with Crippen LogP contribution < -0.4 is 10.6 Å². The third kappa shape index (κ3) is 4.56. The van der Waals surface area contributed by atoms with Gasteiger partial charge in [-0.3, -0.25) is 0 Å². The topological polar surface area (TPSA) is 59.1 Å². The van der Waals surface area contributed by atoms with Gasteiger partial charge in [0.15, 0.2) is 0 Å². The highest BCUT2D eigenvalue weighted by Crippen LogP contribution is 2.28. The Labute approximate surface area is 127 Å². The molecule has 1 saturated heterocycles. The Kier molecular flexibility index (Phi) is 6.23. The number of aromatic nitrogens is 2. The lowest BCUT2D eigenvalue weighted by molar-refractivity contribution is 0.0134. The summed E-state index contributed by atoms with van der Waals surface area (Å²) in [5, 5.41) is 6.79. The van der Waals surface area contributed by atoms with E-state index >= 15 is 0 Å². The van der Waals surface area contributed by atoms with Crippen molar-refractivity contribution in [1.82, 2.24) is 9.97 Å². The van der Waals surface area contributed by atoms with Crippen molar-refractivity contribution in [3.63, 3.8) is 0 Å². The Balaban J connectivity index is 1.96. The van der Waals surface area contributed by atoms with Crippen molar-refractivity contribution in [2.75, 3.05) is 30.3 Å². The number of hydrogen-bond acceptors (Lipinski definition) is 5. The van der Waals surface area contributed by atoms with Crippen LogP contribution in [0.2, 0.25) is 0 Å². The van der Waals surface area contributed by atoms with Gasteiger partial charge in [0.2, 0.25) is 0 Å². The molecule has 2 N–H and O–H groups in total. The normalized spacial score (nSPS) is 18.8. The first-order valence-corrected chi connectivity index (χ1v) is 8.16. The van der Waals surface area contributed by atoms with E-state index < -0.39 is 0 Å². The Hall–Kier alpha value is -1.36. The quantitative estimate of drug-likeness (QED) is 0.806. The van der Waals surface area contributed by atoms with E-state index in [2.05, 4.69) is 41.4 Å². The maximum absolute atomic E-state index is 5.77.